The first-order chi connectivity index (χ1) is 16.3. The number of aromatic nitrogens is 1. The molecule has 2 nitrogen and oxygen atoms in total. The molecule has 0 saturated carbocycles. The smallest absolute Gasteiger partial charge is 0.0541 e. The zero-order valence-corrected chi connectivity index (χ0v) is 18.6. The van der Waals surface area contributed by atoms with Gasteiger partial charge in [-0.25, -0.2) is 0 Å². The molecule has 2 N–H and O–H groups in total. The van der Waals surface area contributed by atoms with Crippen molar-refractivity contribution in [3.63, 3.8) is 0 Å². The number of fused-ring (bicyclic) bond motifs is 6. The number of hydrogen-bond acceptors (Lipinski definition) is 2. The average Bonchev–Trinajstić information content (AvgIpc) is 3.39. The summed E-state index contributed by atoms with van der Waals surface area (Å²) in [5.41, 5.74) is 12.8. The molecule has 0 bridgehead atoms. The molecule has 0 amide bonds. The van der Waals surface area contributed by atoms with Crippen molar-refractivity contribution >= 4 is 59.0 Å². The van der Waals surface area contributed by atoms with Gasteiger partial charge in [0.05, 0.1) is 11.0 Å². The van der Waals surface area contributed by atoms with E-state index >= 15 is 0 Å². The largest absolute Gasteiger partial charge is 0.399 e. The molecule has 7 aromatic rings. The summed E-state index contributed by atoms with van der Waals surface area (Å²) in [6.07, 6.45) is 0. The van der Waals surface area contributed by atoms with Gasteiger partial charge in [-0.1, -0.05) is 54.6 Å². The molecule has 156 valence electrons. The minimum atomic E-state index is 0.788. The average molecular weight is 441 g/mol. The molecule has 0 unspecified atom stereocenters. The highest BCUT2D eigenvalue weighted by molar-refractivity contribution is 7.25. The summed E-state index contributed by atoms with van der Waals surface area (Å²) in [7, 11) is 0. The lowest BCUT2D eigenvalue weighted by atomic mass is 10.0. The molecule has 0 spiro atoms. The van der Waals surface area contributed by atoms with Crippen LogP contribution in [0, 0.1) is 0 Å². The fourth-order valence-electron chi connectivity index (χ4n) is 5.00. The van der Waals surface area contributed by atoms with Crippen molar-refractivity contribution in [2.45, 2.75) is 0 Å². The zero-order chi connectivity index (χ0) is 21.9. The predicted octanol–water partition coefficient (Wildman–Crippen LogP) is 8.40. The highest BCUT2D eigenvalue weighted by Crippen LogP contribution is 2.39. The van der Waals surface area contributed by atoms with E-state index in [2.05, 4.69) is 95.6 Å². The van der Waals surface area contributed by atoms with E-state index in [-0.39, 0.29) is 0 Å². The maximum absolute atomic E-state index is 6.04. The topological polar surface area (TPSA) is 30.9 Å². The van der Waals surface area contributed by atoms with Gasteiger partial charge in [-0.3, -0.25) is 0 Å². The number of thiophene rings is 1. The minimum Gasteiger partial charge on any atom is -0.399 e. The monoisotopic (exact) mass is 440 g/mol. The van der Waals surface area contributed by atoms with Crippen molar-refractivity contribution < 1.29 is 0 Å². The quantitative estimate of drug-likeness (QED) is 0.269. The van der Waals surface area contributed by atoms with Crippen molar-refractivity contribution in [1.29, 1.82) is 0 Å². The fraction of sp³-hybridized carbons (Fsp3) is 0. The van der Waals surface area contributed by atoms with Crippen LogP contribution in [0.3, 0.4) is 0 Å². The maximum atomic E-state index is 6.04. The summed E-state index contributed by atoms with van der Waals surface area (Å²) in [4.78, 5) is 0. The van der Waals surface area contributed by atoms with Crippen LogP contribution in [0.25, 0.3) is 58.8 Å². The first-order valence-corrected chi connectivity index (χ1v) is 11.9. The number of para-hydroxylation sites is 2. The normalized spacial score (nSPS) is 11.8. The summed E-state index contributed by atoms with van der Waals surface area (Å²) in [5, 5.41) is 5.15. The van der Waals surface area contributed by atoms with Crippen LogP contribution in [0.5, 0.6) is 0 Å². The van der Waals surface area contributed by atoms with Gasteiger partial charge in [-0.2, -0.15) is 0 Å². The molecule has 0 radical (unpaired) electrons. The van der Waals surface area contributed by atoms with Crippen LogP contribution in [-0.4, -0.2) is 4.57 Å². The Kier molecular flexibility index (Phi) is 3.90. The third-order valence-corrected chi connectivity index (χ3v) is 7.66. The molecular weight excluding hydrogens is 420 g/mol. The Morgan fingerprint density at radius 1 is 0.515 bits per heavy atom. The van der Waals surface area contributed by atoms with Crippen molar-refractivity contribution in [1.82, 2.24) is 4.57 Å². The summed E-state index contributed by atoms with van der Waals surface area (Å²) < 4.78 is 4.99. The summed E-state index contributed by atoms with van der Waals surface area (Å²) in [5.74, 6) is 0. The van der Waals surface area contributed by atoms with E-state index in [1.807, 2.05) is 29.5 Å². The van der Waals surface area contributed by atoms with Crippen molar-refractivity contribution in [2.24, 2.45) is 0 Å². The molecule has 33 heavy (non-hydrogen) atoms. The van der Waals surface area contributed by atoms with Gasteiger partial charge in [0.25, 0.3) is 0 Å². The van der Waals surface area contributed by atoms with Crippen LogP contribution in [-0.2, 0) is 0 Å². The molecular formula is C30H20N2S. The van der Waals surface area contributed by atoms with Gasteiger partial charge in [-0.15, -0.1) is 11.3 Å². The molecule has 0 fully saturated rings. The minimum absolute atomic E-state index is 0.788. The maximum Gasteiger partial charge on any atom is 0.0541 e. The number of rotatable bonds is 2. The molecule has 0 atom stereocenters. The molecule has 7 rings (SSSR count). The Balaban J connectivity index is 1.50. The Bertz CT molecular complexity index is 1780. The lowest BCUT2D eigenvalue weighted by Crippen LogP contribution is -1.93. The summed E-state index contributed by atoms with van der Waals surface area (Å²) in [6, 6.07) is 39.0. The van der Waals surface area contributed by atoms with E-state index in [1.54, 1.807) is 0 Å². The molecule has 2 aromatic heterocycles. The van der Waals surface area contributed by atoms with Crippen molar-refractivity contribution in [3.8, 4) is 16.8 Å². The first kappa shape index (κ1) is 18.5. The lowest BCUT2D eigenvalue weighted by Gasteiger charge is -2.08. The van der Waals surface area contributed by atoms with Gasteiger partial charge in [0.2, 0.25) is 0 Å². The van der Waals surface area contributed by atoms with E-state index in [0.29, 0.717) is 0 Å². The Morgan fingerprint density at radius 3 is 1.88 bits per heavy atom. The van der Waals surface area contributed by atoms with Gasteiger partial charge in [-0.05, 0) is 65.7 Å². The predicted molar refractivity (Wildman–Crippen MR) is 144 cm³/mol. The number of nitrogens with two attached hydrogens (primary N) is 1. The highest BCUT2D eigenvalue weighted by Gasteiger charge is 2.13. The molecule has 2 heterocycles. The fourth-order valence-corrected chi connectivity index (χ4v) is 6.07. The van der Waals surface area contributed by atoms with E-state index in [9.17, 15) is 0 Å². The van der Waals surface area contributed by atoms with Gasteiger partial charge >= 0.3 is 0 Å². The second-order valence-electron chi connectivity index (χ2n) is 8.49. The molecule has 0 aliphatic heterocycles. The van der Waals surface area contributed by atoms with E-state index in [1.165, 1.54) is 53.2 Å². The third kappa shape index (κ3) is 2.80. The van der Waals surface area contributed by atoms with Crippen LogP contribution in [0.4, 0.5) is 5.69 Å². The van der Waals surface area contributed by atoms with Gasteiger partial charge in [0.1, 0.15) is 0 Å². The molecule has 5 aromatic carbocycles. The number of nitrogen functional groups attached to an aromatic ring is 1. The Hall–Kier alpha value is -4.08. The Labute approximate surface area is 195 Å². The molecule has 0 saturated heterocycles. The van der Waals surface area contributed by atoms with Gasteiger partial charge in [0, 0.05) is 42.3 Å². The number of anilines is 1. The SMILES string of the molecule is Nc1cccc(-c2ccc3sc4ccc(-n5c6ccccc6c6ccccc65)cc4c3c2)c1. The summed E-state index contributed by atoms with van der Waals surface area (Å²) in [6.45, 7) is 0. The van der Waals surface area contributed by atoms with Crippen molar-refractivity contribution in [3.05, 3.63) is 109 Å². The molecule has 0 aliphatic rings. The third-order valence-electron chi connectivity index (χ3n) is 6.51. The molecule has 0 aliphatic carbocycles. The van der Waals surface area contributed by atoms with Crippen LogP contribution in [0.1, 0.15) is 0 Å². The Morgan fingerprint density at radius 2 is 1.15 bits per heavy atom. The lowest BCUT2D eigenvalue weighted by molar-refractivity contribution is 1.19. The standard InChI is InChI=1S/C30H20N2S/c31-21-7-5-6-19(16-21)20-12-14-29-25(17-20)26-18-22(13-15-30(26)33-29)32-27-10-3-1-8-23(27)24-9-2-4-11-28(24)32/h1-18H,31H2. The first-order valence-electron chi connectivity index (χ1n) is 11.1. The number of hydrogen-bond donors (Lipinski definition) is 1. The number of nitrogens with zero attached hydrogens (tertiary/aromatic N) is 1. The van der Waals surface area contributed by atoms with E-state index in [4.69, 9.17) is 5.73 Å². The van der Waals surface area contributed by atoms with Crippen LogP contribution in [0.15, 0.2) is 109 Å². The van der Waals surface area contributed by atoms with Crippen LogP contribution >= 0.6 is 11.3 Å². The van der Waals surface area contributed by atoms with Crippen LogP contribution in [0.2, 0.25) is 0 Å². The van der Waals surface area contributed by atoms with Crippen LogP contribution < -0.4 is 5.73 Å². The second-order valence-corrected chi connectivity index (χ2v) is 9.57. The summed E-state index contributed by atoms with van der Waals surface area (Å²) >= 11 is 1.85. The van der Waals surface area contributed by atoms with E-state index in [0.717, 1.165) is 11.3 Å². The zero-order valence-electron chi connectivity index (χ0n) is 17.8. The second kappa shape index (κ2) is 6.96. The number of benzene rings is 5. The van der Waals surface area contributed by atoms with Gasteiger partial charge < -0.3 is 10.3 Å². The molecule has 3 heteroatoms. The van der Waals surface area contributed by atoms with E-state index < -0.39 is 0 Å². The highest BCUT2D eigenvalue weighted by atomic mass is 32.1. The van der Waals surface area contributed by atoms with Gasteiger partial charge in [0.15, 0.2) is 0 Å². The van der Waals surface area contributed by atoms with Crippen molar-refractivity contribution in [2.75, 3.05) is 5.73 Å².